The van der Waals surface area contributed by atoms with Crippen molar-refractivity contribution in [3.05, 3.63) is 59.2 Å². The van der Waals surface area contributed by atoms with Gasteiger partial charge in [-0.1, -0.05) is 30.3 Å². The maximum atomic E-state index is 12.9. The van der Waals surface area contributed by atoms with Gasteiger partial charge >= 0.3 is 0 Å². The van der Waals surface area contributed by atoms with Crippen molar-refractivity contribution >= 4 is 17.5 Å². The number of methoxy groups -OCH3 is 1. The van der Waals surface area contributed by atoms with Gasteiger partial charge in [-0.3, -0.25) is 9.59 Å². The fraction of sp³-hybridized carbons (Fsp3) is 0.417. The Balaban J connectivity index is 1.68. The fourth-order valence-electron chi connectivity index (χ4n) is 4.00. The van der Waals surface area contributed by atoms with Crippen LogP contribution in [-0.2, 0) is 9.59 Å². The molecular weight excluding hydrogens is 378 g/mol. The molecule has 1 N–H and O–H groups in total. The summed E-state index contributed by atoms with van der Waals surface area (Å²) in [5, 5.41) is 3.06. The highest BCUT2D eigenvalue weighted by atomic mass is 16.5. The van der Waals surface area contributed by atoms with E-state index in [1.165, 1.54) is 0 Å². The molecule has 6 nitrogen and oxygen atoms in total. The molecule has 0 saturated carbocycles. The molecule has 2 atom stereocenters. The molecule has 2 amide bonds. The van der Waals surface area contributed by atoms with Crippen molar-refractivity contribution in [3.8, 4) is 5.75 Å². The Hall–Kier alpha value is -2.86. The monoisotopic (exact) mass is 409 g/mol. The number of hydrogen-bond acceptors (Lipinski definition) is 4. The molecule has 2 aromatic rings. The molecule has 2 aromatic carbocycles. The summed E-state index contributed by atoms with van der Waals surface area (Å²) < 4.78 is 5.49. The van der Waals surface area contributed by atoms with E-state index in [-0.39, 0.29) is 30.2 Å². The summed E-state index contributed by atoms with van der Waals surface area (Å²) in [6, 6.07) is 13.7. The zero-order valence-electron chi connectivity index (χ0n) is 18.4. The Labute approximate surface area is 178 Å². The fourth-order valence-corrected chi connectivity index (χ4v) is 4.00. The van der Waals surface area contributed by atoms with Crippen molar-refractivity contribution in [3.63, 3.8) is 0 Å². The molecular formula is C24H31N3O3. The van der Waals surface area contributed by atoms with Gasteiger partial charge in [0.1, 0.15) is 5.75 Å². The minimum absolute atomic E-state index is 0.00209. The first-order valence-corrected chi connectivity index (χ1v) is 10.3. The molecule has 6 heteroatoms. The molecule has 0 aliphatic carbocycles. The number of carbonyl (C=O) groups excluding carboxylic acids is 2. The van der Waals surface area contributed by atoms with Gasteiger partial charge in [-0.25, -0.2) is 0 Å². The number of carbonyl (C=O) groups is 2. The molecule has 1 saturated heterocycles. The van der Waals surface area contributed by atoms with Crippen LogP contribution in [-0.4, -0.2) is 51.0 Å². The summed E-state index contributed by atoms with van der Waals surface area (Å²) in [5.41, 5.74) is 4.13. The van der Waals surface area contributed by atoms with E-state index in [1.807, 2.05) is 70.4 Å². The first kappa shape index (κ1) is 21.8. The van der Waals surface area contributed by atoms with E-state index < -0.39 is 0 Å². The summed E-state index contributed by atoms with van der Waals surface area (Å²) in [7, 11) is 5.60. The number of ether oxygens (including phenoxy) is 1. The van der Waals surface area contributed by atoms with Gasteiger partial charge < -0.3 is 19.9 Å². The first-order chi connectivity index (χ1) is 14.3. The zero-order valence-corrected chi connectivity index (χ0v) is 18.4. The van der Waals surface area contributed by atoms with Crippen LogP contribution in [0.1, 0.15) is 29.2 Å². The van der Waals surface area contributed by atoms with Crippen LogP contribution in [0.4, 0.5) is 5.69 Å². The number of aryl methyl sites for hydroxylation is 1. The molecule has 160 valence electrons. The first-order valence-electron chi connectivity index (χ1n) is 10.3. The lowest BCUT2D eigenvalue weighted by Gasteiger charge is -2.27. The Morgan fingerprint density at radius 2 is 1.93 bits per heavy atom. The lowest BCUT2D eigenvalue weighted by Crippen LogP contribution is -2.38. The number of likely N-dealkylation sites (N-methyl/N-ethyl adjacent to an activating group) is 1. The third kappa shape index (κ3) is 4.49. The lowest BCUT2D eigenvalue weighted by molar-refractivity contribution is -0.126. The quantitative estimate of drug-likeness (QED) is 0.763. The van der Waals surface area contributed by atoms with E-state index in [9.17, 15) is 9.59 Å². The number of nitrogens with one attached hydrogen (secondary N) is 1. The van der Waals surface area contributed by atoms with Gasteiger partial charge in [0.25, 0.3) is 0 Å². The summed E-state index contributed by atoms with van der Waals surface area (Å²) in [5.74, 6) is 0.358. The molecule has 1 aliphatic rings. The number of anilines is 1. The second-order valence-corrected chi connectivity index (χ2v) is 8.09. The van der Waals surface area contributed by atoms with Crippen LogP contribution in [0.5, 0.6) is 5.75 Å². The van der Waals surface area contributed by atoms with Gasteiger partial charge in [0.15, 0.2) is 0 Å². The van der Waals surface area contributed by atoms with E-state index in [0.29, 0.717) is 13.1 Å². The average Bonchev–Trinajstić information content (AvgIpc) is 3.11. The van der Waals surface area contributed by atoms with Gasteiger partial charge in [0.05, 0.1) is 19.1 Å². The van der Waals surface area contributed by atoms with Crippen LogP contribution in [0.3, 0.4) is 0 Å². The summed E-state index contributed by atoms with van der Waals surface area (Å²) >= 11 is 0. The number of hydrogen-bond donors (Lipinski definition) is 1. The Kier molecular flexibility index (Phi) is 6.77. The topological polar surface area (TPSA) is 61.9 Å². The molecule has 2 unspecified atom stereocenters. The summed E-state index contributed by atoms with van der Waals surface area (Å²) in [6.07, 6.45) is 0.237. The number of rotatable bonds is 7. The molecule has 30 heavy (non-hydrogen) atoms. The predicted molar refractivity (Wildman–Crippen MR) is 119 cm³/mol. The largest absolute Gasteiger partial charge is 0.496 e. The van der Waals surface area contributed by atoms with Crippen molar-refractivity contribution in [1.82, 2.24) is 10.2 Å². The van der Waals surface area contributed by atoms with E-state index in [2.05, 4.69) is 10.2 Å². The highest BCUT2D eigenvalue weighted by Crippen LogP contribution is 2.30. The molecule has 1 heterocycles. The number of benzene rings is 2. The van der Waals surface area contributed by atoms with Crippen molar-refractivity contribution in [2.75, 3.05) is 39.2 Å². The second-order valence-electron chi connectivity index (χ2n) is 8.09. The van der Waals surface area contributed by atoms with E-state index >= 15 is 0 Å². The van der Waals surface area contributed by atoms with E-state index in [0.717, 1.165) is 28.1 Å². The smallest absolute Gasteiger partial charge is 0.227 e. The molecule has 1 fully saturated rings. The second kappa shape index (κ2) is 9.30. The van der Waals surface area contributed by atoms with Crippen LogP contribution in [0.25, 0.3) is 0 Å². The van der Waals surface area contributed by atoms with Gasteiger partial charge in [-0.05, 0) is 51.2 Å². The third-order valence-corrected chi connectivity index (χ3v) is 5.95. The summed E-state index contributed by atoms with van der Waals surface area (Å²) in [6.45, 7) is 4.90. The maximum absolute atomic E-state index is 12.9. The van der Waals surface area contributed by atoms with Crippen LogP contribution < -0.4 is 15.0 Å². The van der Waals surface area contributed by atoms with E-state index in [1.54, 1.807) is 12.0 Å². The van der Waals surface area contributed by atoms with Crippen molar-refractivity contribution in [2.24, 2.45) is 5.92 Å². The van der Waals surface area contributed by atoms with Crippen LogP contribution >= 0.6 is 0 Å². The molecule has 0 bridgehead atoms. The van der Waals surface area contributed by atoms with Crippen LogP contribution in [0.2, 0.25) is 0 Å². The zero-order chi connectivity index (χ0) is 21.8. The SMILES string of the molecule is COc1ccccc1C(CNC(=O)C1CC(=O)N(c2cccc(C)c2C)C1)N(C)C. The molecule has 0 spiro atoms. The maximum Gasteiger partial charge on any atom is 0.227 e. The van der Waals surface area contributed by atoms with Crippen LogP contribution in [0.15, 0.2) is 42.5 Å². The molecule has 1 aliphatic heterocycles. The van der Waals surface area contributed by atoms with Crippen molar-refractivity contribution < 1.29 is 14.3 Å². The van der Waals surface area contributed by atoms with Crippen molar-refractivity contribution in [1.29, 1.82) is 0 Å². The normalized spacial score (nSPS) is 17.3. The Bertz CT molecular complexity index is 926. The van der Waals surface area contributed by atoms with Gasteiger partial charge in [0.2, 0.25) is 11.8 Å². The number of nitrogens with zero attached hydrogens (tertiary/aromatic N) is 2. The highest BCUT2D eigenvalue weighted by Gasteiger charge is 2.36. The standard InChI is InChI=1S/C24H31N3O3/c1-16-9-8-11-20(17(16)2)27-15-18(13-23(27)28)24(29)25-14-21(26(3)4)19-10-6-7-12-22(19)30-5/h6-12,18,21H,13-15H2,1-5H3,(H,25,29). The summed E-state index contributed by atoms with van der Waals surface area (Å²) in [4.78, 5) is 29.3. The lowest BCUT2D eigenvalue weighted by atomic mass is 10.0. The van der Waals surface area contributed by atoms with Crippen molar-refractivity contribution in [2.45, 2.75) is 26.3 Å². The van der Waals surface area contributed by atoms with Gasteiger partial charge in [0, 0.05) is 30.8 Å². The minimum atomic E-state index is -0.349. The third-order valence-electron chi connectivity index (χ3n) is 5.95. The Morgan fingerprint density at radius 1 is 1.20 bits per heavy atom. The molecule has 0 radical (unpaired) electrons. The highest BCUT2D eigenvalue weighted by molar-refractivity contribution is 6.00. The minimum Gasteiger partial charge on any atom is -0.496 e. The van der Waals surface area contributed by atoms with E-state index in [4.69, 9.17) is 4.74 Å². The predicted octanol–water partition coefficient (Wildman–Crippen LogP) is 3.08. The molecule has 0 aromatic heterocycles. The number of amides is 2. The van der Waals surface area contributed by atoms with Crippen LogP contribution in [0, 0.1) is 19.8 Å². The molecule has 3 rings (SSSR count). The van der Waals surface area contributed by atoms with Gasteiger partial charge in [-0.15, -0.1) is 0 Å². The number of para-hydroxylation sites is 1. The Morgan fingerprint density at radius 3 is 2.63 bits per heavy atom. The average molecular weight is 410 g/mol. The van der Waals surface area contributed by atoms with Gasteiger partial charge in [-0.2, -0.15) is 0 Å².